The normalized spacial score (nSPS) is 10.4. The van der Waals surface area contributed by atoms with Crippen LogP contribution in [0.25, 0.3) is 0 Å². The number of hydrogen-bond acceptors (Lipinski definition) is 3. The van der Waals surface area contributed by atoms with Gasteiger partial charge in [0, 0.05) is 15.5 Å². The molecule has 2 aromatic rings. The molecule has 0 heterocycles. The molecule has 0 aliphatic heterocycles. The highest BCUT2D eigenvalue weighted by Gasteiger charge is 2.14. The average molecular weight is 293 g/mol. The van der Waals surface area contributed by atoms with Crippen LogP contribution in [0, 0.1) is 6.92 Å². The van der Waals surface area contributed by atoms with E-state index in [2.05, 4.69) is 0 Å². The molecule has 0 saturated carbocycles. The van der Waals surface area contributed by atoms with Crippen LogP contribution in [-0.2, 0) is 0 Å². The van der Waals surface area contributed by atoms with Gasteiger partial charge in [-0.05, 0) is 31.2 Å². The molecule has 0 aliphatic rings. The summed E-state index contributed by atoms with van der Waals surface area (Å²) in [6.45, 7) is 2.01. The summed E-state index contributed by atoms with van der Waals surface area (Å²) >= 11 is 7.55. The molecule has 5 heteroatoms. The van der Waals surface area contributed by atoms with Crippen LogP contribution in [0.2, 0.25) is 5.02 Å². The molecule has 0 spiro atoms. The zero-order valence-corrected chi connectivity index (χ0v) is 11.9. The molecule has 3 nitrogen and oxygen atoms in total. The van der Waals surface area contributed by atoms with Crippen molar-refractivity contribution in [1.82, 2.24) is 0 Å². The number of nitrogens with two attached hydrogens (primary N) is 2. The SMILES string of the molecule is Cc1ccc(Sc2c(Cl)cc(N)cc2C(N)=O)cc1. The Morgan fingerprint density at radius 2 is 1.84 bits per heavy atom. The van der Waals surface area contributed by atoms with E-state index in [1.54, 1.807) is 12.1 Å². The number of primary amides is 1. The average Bonchev–Trinajstić information content (AvgIpc) is 2.34. The van der Waals surface area contributed by atoms with E-state index >= 15 is 0 Å². The lowest BCUT2D eigenvalue weighted by molar-refractivity contribution is 0.0997. The van der Waals surface area contributed by atoms with Gasteiger partial charge in [-0.2, -0.15) is 0 Å². The minimum Gasteiger partial charge on any atom is -0.399 e. The predicted octanol–water partition coefficient (Wildman–Crippen LogP) is 3.48. The van der Waals surface area contributed by atoms with Crippen LogP contribution in [0.3, 0.4) is 0 Å². The van der Waals surface area contributed by atoms with Crippen molar-refractivity contribution in [3.63, 3.8) is 0 Å². The number of benzene rings is 2. The Morgan fingerprint density at radius 1 is 1.21 bits per heavy atom. The fraction of sp³-hybridized carbons (Fsp3) is 0.0714. The fourth-order valence-corrected chi connectivity index (χ4v) is 2.90. The van der Waals surface area contributed by atoms with E-state index < -0.39 is 5.91 Å². The van der Waals surface area contributed by atoms with Gasteiger partial charge in [-0.3, -0.25) is 4.79 Å². The summed E-state index contributed by atoms with van der Waals surface area (Å²) in [6, 6.07) is 11.1. The summed E-state index contributed by atoms with van der Waals surface area (Å²) in [5, 5.41) is 0.430. The molecule has 4 N–H and O–H groups in total. The molecule has 19 heavy (non-hydrogen) atoms. The van der Waals surface area contributed by atoms with Crippen LogP contribution in [-0.4, -0.2) is 5.91 Å². The van der Waals surface area contributed by atoms with Crippen LogP contribution >= 0.6 is 23.4 Å². The van der Waals surface area contributed by atoms with Gasteiger partial charge in [-0.15, -0.1) is 0 Å². The van der Waals surface area contributed by atoms with E-state index in [-0.39, 0.29) is 0 Å². The number of halogens is 1. The van der Waals surface area contributed by atoms with Crippen LogP contribution in [0.1, 0.15) is 15.9 Å². The Bertz CT molecular complexity index is 626. The lowest BCUT2D eigenvalue weighted by Crippen LogP contribution is -2.13. The third kappa shape index (κ3) is 3.22. The Labute approximate surface area is 120 Å². The van der Waals surface area contributed by atoms with Gasteiger partial charge in [-0.1, -0.05) is 41.1 Å². The molecule has 0 bridgehead atoms. The van der Waals surface area contributed by atoms with Crippen molar-refractivity contribution in [2.75, 3.05) is 5.73 Å². The monoisotopic (exact) mass is 292 g/mol. The van der Waals surface area contributed by atoms with Crippen LogP contribution in [0.5, 0.6) is 0 Å². The molecular weight excluding hydrogens is 280 g/mol. The Morgan fingerprint density at radius 3 is 2.42 bits per heavy atom. The van der Waals surface area contributed by atoms with Gasteiger partial charge >= 0.3 is 0 Å². The maximum atomic E-state index is 11.5. The molecule has 0 unspecified atom stereocenters. The van der Waals surface area contributed by atoms with Crippen LogP contribution in [0.15, 0.2) is 46.2 Å². The lowest BCUT2D eigenvalue weighted by Gasteiger charge is -2.10. The number of aryl methyl sites for hydroxylation is 1. The van der Waals surface area contributed by atoms with Gasteiger partial charge in [0.1, 0.15) is 0 Å². The first-order chi connectivity index (χ1) is 8.97. The number of hydrogen-bond donors (Lipinski definition) is 2. The maximum absolute atomic E-state index is 11.5. The smallest absolute Gasteiger partial charge is 0.249 e. The molecule has 0 aromatic heterocycles. The third-order valence-electron chi connectivity index (χ3n) is 2.57. The summed E-state index contributed by atoms with van der Waals surface area (Å²) in [5.41, 5.74) is 13.0. The van der Waals surface area contributed by atoms with Gasteiger partial charge in [0.25, 0.3) is 0 Å². The van der Waals surface area contributed by atoms with Crippen molar-refractivity contribution in [3.8, 4) is 0 Å². The van der Waals surface area contributed by atoms with Gasteiger partial charge in [0.2, 0.25) is 5.91 Å². The predicted molar refractivity (Wildman–Crippen MR) is 79.7 cm³/mol. The largest absolute Gasteiger partial charge is 0.399 e. The highest BCUT2D eigenvalue weighted by molar-refractivity contribution is 7.99. The molecule has 0 atom stereocenters. The molecule has 0 radical (unpaired) electrons. The molecule has 0 saturated heterocycles. The summed E-state index contributed by atoms with van der Waals surface area (Å²) in [7, 11) is 0. The minimum atomic E-state index is -0.538. The Hall–Kier alpha value is -1.65. The third-order valence-corrected chi connectivity index (χ3v) is 4.13. The van der Waals surface area contributed by atoms with Crippen molar-refractivity contribution in [2.24, 2.45) is 5.73 Å². The van der Waals surface area contributed by atoms with E-state index in [1.807, 2.05) is 31.2 Å². The van der Waals surface area contributed by atoms with E-state index in [4.69, 9.17) is 23.1 Å². The molecule has 2 aromatic carbocycles. The van der Waals surface area contributed by atoms with Crippen molar-refractivity contribution in [1.29, 1.82) is 0 Å². The van der Waals surface area contributed by atoms with Crippen LogP contribution in [0.4, 0.5) is 5.69 Å². The van der Waals surface area contributed by atoms with Crippen molar-refractivity contribution in [2.45, 2.75) is 16.7 Å². The van der Waals surface area contributed by atoms with E-state index in [1.165, 1.54) is 17.3 Å². The standard InChI is InChI=1S/C14H13ClN2OS/c1-8-2-4-10(5-3-8)19-13-11(14(17)18)6-9(16)7-12(13)15/h2-7H,16H2,1H3,(H2,17,18). The quantitative estimate of drug-likeness (QED) is 0.851. The number of amides is 1. The second-order valence-electron chi connectivity index (χ2n) is 4.16. The summed E-state index contributed by atoms with van der Waals surface area (Å²) < 4.78 is 0. The van der Waals surface area contributed by atoms with Crippen molar-refractivity contribution < 1.29 is 4.79 Å². The number of carbonyl (C=O) groups excluding carboxylic acids is 1. The Balaban J connectivity index is 2.44. The number of carbonyl (C=O) groups is 1. The fourth-order valence-electron chi connectivity index (χ4n) is 1.63. The summed E-state index contributed by atoms with van der Waals surface area (Å²) in [4.78, 5) is 13.1. The van der Waals surface area contributed by atoms with Gasteiger partial charge in [0.05, 0.1) is 10.6 Å². The topological polar surface area (TPSA) is 69.1 Å². The molecular formula is C14H13ClN2OS. The first-order valence-electron chi connectivity index (χ1n) is 5.60. The first kappa shape index (κ1) is 13.8. The summed E-state index contributed by atoms with van der Waals surface area (Å²) in [6.07, 6.45) is 0. The molecule has 0 fully saturated rings. The highest BCUT2D eigenvalue weighted by Crippen LogP contribution is 2.37. The lowest BCUT2D eigenvalue weighted by atomic mass is 10.2. The number of nitrogen functional groups attached to an aromatic ring is 1. The molecule has 98 valence electrons. The number of rotatable bonds is 3. The zero-order valence-electron chi connectivity index (χ0n) is 10.3. The molecule has 1 amide bonds. The molecule has 2 rings (SSSR count). The molecule has 0 aliphatic carbocycles. The van der Waals surface area contributed by atoms with Gasteiger partial charge < -0.3 is 11.5 Å². The van der Waals surface area contributed by atoms with E-state index in [0.29, 0.717) is 21.2 Å². The van der Waals surface area contributed by atoms with Gasteiger partial charge in [-0.25, -0.2) is 0 Å². The number of anilines is 1. The maximum Gasteiger partial charge on any atom is 0.249 e. The van der Waals surface area contributed by atoms with Crippen molar-refractivity contribution in [3.05, 3.63) is 52.5 Å². The second kappa shape index (κ2) is 5.55. The summed E-state index contributed by atoms with van der Waals surface area (Å²) in [5.74, 6) is -0.538. The Kier molecular flexibility index (Phi) is 4.02. The highest BCUT2D eigenvalue weighted by atomic mass is 35.5. The van der Waals surface area contributed by atoms with Gasteiger partial charge in [0.15, 0.2) is 0 Å². The first-order valence-corrected chi connectivity index (χ1v) is 6.80. The zero-order chi connectivity index (χ0) is 14.0. The van der Waals surface area contributed by atoms with Crippen molar-refractivity contribution >= 4 is 35.0 Å². The second-order valence-corrected chi connectivity index (χ2v) is 5.65. The van der Waals surface area contributed by atoms with Crippen LogP contribution < -0.4 is 11.5 Å². The minimum absolute atomic E-state index is 0.343. The van der Waals surface area contributed by atoms with E-state index in [9.17, 15) is 4.79 Å². The van der Waals surface area contributed by atoms with E-state index in [0.717, 1.165) is 4.90 Å².